The van der Waals surface area contributed by atoms with Crippen LogP contribution < -0.4 is 11.3 Å². The minimum Gasteiger partial charge on any atom is -0.369 e. The summed E-state index contributed by atoms with van der Waals surface area (Å²) >= 11 is 12.1. The zero-order chi connectivity index (χ0) is 15.0. The first-order chi connectivity index (χ1) is 10.0. The first-order valence-electron chi connectivity index (χ1n) is 6.57. The lowest BCUT2D eigenvalue weighted by Gasteiger charge is -2.27. The van der Waals surface area contributed by atoms with E-state index in [0.29, 0.717) is 35.1 Å². The van der Waals surface area contributed by atoms with Crippen molar-refractivity contribution in [1.82, 2.24) is 14.9 Å². The van der Waals surface area contributed by atoms with Crippen molar-refractivity contribution < 1.29 is 0 Å². The van der Waals surface area contributed by atoms with E-state index < -0.39 is 0 Å². The van der Waals surface area contributed by atoms with E-state index >= 15 is 0 Å². The molecule has 21 heavy (non-hydrogen) atoms. The van der Waals surface area contributed by atoms with Crippen LogP contribution >= 0.6 is 23.2 Å². The molecule has 2 aromatic rings. The second-order valence-electron chi connectivity index (χ2n) is 5.07. The molecule has 1 aliphatic rings. The Morgan fingerprint density at radius 2 is 2.19 bits per heavy atom. The quantitative estimate of drug-likeness (QED) is 0.888. The van der Waals surface area contributed by atoms with Gasteiger partial charge in [-0.1, -0.05) is 29.3 Å². The molecule has 0 bridgehead atoms. The number of halogens is 2. The number of nitrogens with two attached hydrogens (primary N) is 1. The van der Waals surface area contributed by atoms with Crippen LogP contribution in [0.3, 0.4) is 0 Å². The van der Waals surface area contributed by atoms with Crippen molar-refractivity contribution in [2.45, 2.75) is 19.5 Å². The van der Waals surface area contributed by atoms with E-state index in [1.807, 2.05) is 12.1 Å². The van der Waals surface area contributed by atoms with Gasteiger partial charge in [0, 0.05) is 36.1 Å². The number of anilines is 1. The molecule has 0 atom stereocenters. The number of aromatic amines is 1. The summed E-state index contributed by atoms with van der Waals surface area (Å²) in [4.78, 5) is 20.8. The third kappa shape index (κ3) is 3.05. The molecule has 0 radical (unpaired) electrons. The van der Waals surface area contributed by atoms with Crippen LogP contribution in [-0.2, 0) is 19.5 Å². The Kier molecular flexibility index (Phi) is 3.89. The predicted molar refractivity (Wildman–Crippen MR) is 83.6 cm³/mol. The monoisotopic (exact) mass is 324 g/mol. The Morgan fingerprint density at radius 1 is 1.38 bits per heavy atom. The lowest BCUT2D eigenvalue weighted by molar-refractivity contribution is 0.242. The molecule has 3 rings (SSSR count). The molecular formula is C14H14Cl2N4O. The largest absolute Gasteiger partial charge is 0.369 e. The Bertz CT molecular complexity index is 744. The van der Waals surface area contributed by atoms with E-state index in [4.69, 9.17) is 28.9 Å². The fourth-order valence-electron chi connectivity index (χ4n) is 2.53. The normalized spacial score (nSPS) is 15.0. The molecule has 110 valence electrons. The van der Waals surface area contributed by atoms with Crippen LogP contribution in [0.5, 0.6) is 0 Å². The van der Waals surface area contributed by atoms with Gasteiger partial charge in [-0.15, -0.1) is 0 Å². The summed E-state index contributed by atoms with van der Waals surface area (Å²) in [7, 11) is 0. The second kappa shape index (κ2) is 5.67. The molecular weight excluding hydrogens is 311 g/mol. The summed E-state index contributed by atoms with van der Waals surface area (Å²) in [6.45, 7) is 2.01. The molecule has 1 aliphatic heterocycles. The Morgan fingerprint density at radius 3 is 2.95 bits per heavy atom. The average Bonchev–Trinajstić information content (AvgIpc) is 2.42. The SMILES string of the molecule is Nc1nc2c(c(=O)[nH]1)CN(Cc1ccc(Cl)cc1Cl)CC2. The number of nitrogens with zero attached hydrogens (tertiary/aromatic N) is 2. The fourth-order valence-corrected chi connectivity index (χ4v) is 2.99. The summed E-state index contributed by atoms with van der Waals surface area (Å²) in [5.74, 6) is 0.174. The topological polar surface area (TPSA) is 75.0 Å². The van der Waals surface area contributed by atoms with Crippen molar-refractivity contribution in [3.8, 4) is 0 Å². The van der Waals surface area contributed by atoms with Gasteiger partial charge >= 0.3 is 0 Å². The molecule has 2 heterocycles. The van der Waals surface area contributed by atoms with Gasteiger partial charge < -0.3 is 5.73 Å². The molecule has 5 nitrogen and oxygen atoms in total. The number of aromatic nitrogens is 2. The predicted octanol–water partition coefficient (Wildman–Crippen LogP) is 2.22. The summed E-state index contributed by atoms with van der Waals surface area (Å²) < 4.78 is 0. The minimum atomic E-state index is -0.163. The summed E-state index contributed by atoms with van der Waals surface area (Å²) in [6, 6.07) is 5.45. The van der Waals surface area contributed by atoms with Gasteiger partial charge in [-0.2, -0.15) is 0 Å². The molecule has 3 N–H and O–H groups in total. The molecule has 0 spiro atoms. The second-order valence-corrected chi connectivity index (χ2v) is 5.92. The van der Waals surface area contributed by atoms with E-state index in [2.05, 4.69) is 14.9 Å². The van der Waals surface area contributed by atoms with E-state index in [0.717, 1.165) is 17.8 Å². The Balaban J connectivity index is 1.82. The molecule has 0 aliphatic carbocycles. The van der Waals surface area contributed by atoms with Gasteiger partial charge in [-0.25, -0.2) is 4.98 Å². The van der Waals surface area contributed by atoms with E-state index in [9.17, 15) is 4.79 Å². The van der Waals surface area contributed by atoms with Gasteiger partial charge in [-0.05, 0) is 17.7 Å². The number of hydrogen-bond acceptors (Lipinski definition) is 4. The van der Waals surface area contributed by atoms with Crippen molar-refractivity contribution in [2.75, 3.05) is 12.3 Å². The third-order valence-corrected chi connectivity index (χ3v) is 4.16. The van der Waals surface area contributed by atoms with Gasteiger partial charge in [0.25, 0.3) is 5.56 Å². The molecule has 0 saturated carbocycles. The number of fused-ring (bicyclic) bond motifs is 1. The first kappa shape index (κ1) is 14.4. The molecule has 1 aromatic carbocycles. The number of rotatable bonds is 2. The van der Waals surface area contributed by atoms with Crippen LogP contribution in [0.25, 0.3) is 0 Å². The summed E-state index contributed by atoms with van der Waals surface area (Å²) in [6.07, 6.45) is 0.703. The molecule has 1 aromatic heterocycles. The summed E-state index contributed by atoms with van der Waals surface area (Å²) in [5, 5.41) is 1.25. The van der Waals surface area contributed by atoms with Gasteiger partial charge in [0.2, 0.25) is 5.95 Å². The van der Waals surface area contributed by atoms with Gasteiger partial charge in [0.1, 0.15) is 0 Å². The third-order valence-electron chi connectivity index (χ3n) is 3.58. The molecule has 7 heteroatoms. The number of nitrogen functional groups attached to an aromatic ring is 1. The zero-order valence-electron chi connectivity index (χ0n) is 11.2. The van der Waals surface area contributed by atoms with Crippen LogP contribution in [0, 0.1) is 0 Å². The highest BCUT2D eigenvalue weighted by Crippen LogP contribution is 2.24. The van der Waals surface area contributed by atoms with E-state index in [1.54, 1.807) is 6.07 Å². The fraction of sp³-hybridized carbons (Fsp3) is 0.286. The van der Waals surface area contributed by atoms with E-state index in [1.165, 1.54) is 0 Å². The average molecular weight is 325 g/mol. The Hall–Kier alpha value is -1.56. The minimum absolute atomic E-state index is 0.163. The summed E-state index contributed by atoms with van der Waals surface area (Å²) in [5.41, 5.74) is 7.86. The maximum Gasteiger partial charge on any atom is 0.257 e. The van der Waals surface area contributed by atoms with Crippen LogP contribution in [-0.4, -0.2) is 21.4 Å². The van der Waals surface area contributed by atoms with Gasteiger partial charge in [0.15, 0.2) is 0 Å². The standard InChI is InChI=1S/C14H14Cl2N4O/c15-9-2-1-8(11(16)5-9)6-20-4-3-12-10(7-20)13(21)19-14(17)18-12/h1-2,5H,3-4,6-7H2,(H3,17,18,19,21). The van der Waals surface area contributed by atoms with Crippen molar-refractivity contribution in [3.63, 3.8) is 0 Å². The molecule has 0 unspecified atom stereocenters. The first-order valence-corrected chi connectivity index (χ1v) is 7.32. The molecule has 0 amide bonds. The molecule has 0 saturated heterocycles. The zero-order valence-corrected chi connectivity index (χ0v) is 12.7. The number of hydrogen-bond donors (Lipinski definition) is 2. The molecule has 0 fully saturated rings. The van der Waals surface area contributed by atoms with Crippen molar-refractivity contribution in [3.05, 3.63) is 55.4 Å². The van der Waals surface area contributed by atoms with E-state index in [-0.39, 0.29) is 11.5 Å². The number of H-pyrrole nitrogens is 1. The lowest BCUT2D eigenvalue weighted by Crippen LogP contribution is -2.35. The maximum absolute atomic E-state index is 11.9. The maximum atomic E-state index is 11.9. The van der Waals surface area contributed by atoms with Crippen LogP contribution in [0.2, 0.25) is 10.0 Å². The highest BCUT2D eigenvalue weighted by atomic mass is 35.5. The lowest BCUT2D eigenvalue weighted by atomic mass is 10.1. The van der Waals surface area contributed by atoms with Crippen LogP contribution in [0.4, 0.5) is 5.95 Å². The highest BCUT2D eigenvalue weighted by molar-refractivity contribution is 6.35. The van der Waals surface area contributed by atoms with Crippen LogP contribution in [0.1, 0.15) is 16.8 Å². The van der Waals surface area contributed by atoms with Gasteiger partial charge in [0.05, 0.1) is 11.3 Å². The van der Waals surface area contributed by atoms with Gasteiger partial charge in [-0.3, -0.25) is 14.7 Å². The number of benzene rings is 1. The van der Waals surface area contributed by atoms with Crippen molar-refractivity contribution >= 4 is 29.2 Å². The van der Waals surface area contributed by atoms with Crippen molar-refractivity contribution in [1.29, 1.82) is 0 Å². The van der Waals surface area contributed by atoms with Crippen molar-refractivity contribution in [2.24, 2.45) is 0 Å². The smallest absolute Gasteiger partial charge is 0.257 e. The Labute approximate surface area is 131 Å². The number of nitrogens with one attached hydrogen (secondary N) is 1. The highest BCUT2D eigenvalue weighted by Gasteiger charge is 2.21. The van der Waals surface area contributed by atoms with Crippen LogP contribution in [0.15, 0.2) is 23.0 Å².